The van der Waals surface area contributed by atoms with Crippen molar-refractivity contribution in [2.24, 2.45) is 0 Å². The predicted octanol–water partition coefficient (Wildman–Crippen LogP) is 2.25. The number of morpholine rings is 1. The van der Waals surface area contributed by atoms with Gasteiger partial charge in [-0.25, -0.2) is 4.79 Å². The third-order valence-electron chi connectivity index (χ3n) is 3.59. The molecule has 0 spiro atoms. The van der Waals surface area contributed by atoms with E-state index in [1.54, 1.807) is 19.2 Å². The van der Waals surface area contributed by atoms with E-state index < -0.39 is 0 Å². The van der Waals surface area contributed by atoms with Gasteiger partial charge < -0.3 is 14.4 Å². The van der Waals surface area contributed by atoms with Gasteiger partial charge in [0.2, 0.25) is 0 Å². The molecule has 1 fully saturated rings. The Morgan fingerprint density at radius 1 is 1.33 bits per heavy atom. The smallest absolute Gasteiger partial charge is 0.340 e. The Morgan fingerprint density at radius 3 is 2.90 bits per heavy atom. The fourth-order valence-corrected chi connectivity index (χ4v) is 2.61. The van der Waals surface area contributed by atoms with Crippen molar-refractivity contribution in [1.29, 1.82) is 0 Å². The fraction of sp³-hybridized carbons (Fsp3) is 0.375. The Kier molecular flexibility index (Phi) is 4.01. The summed E-state index contributed by atoms with van der Waals surface area (Å²) < 4.78 is 10.5. The molecule has 0 bridgehead atoms. The summed E-state index contributed by atoms with van der Waals surface area (Å²) in [6, 6.07) is 7.66. The third-order valence-corrected chi connectivity index (χ3v) is 3.59. The molecule has 0 amide bonds. The van der Waals surface area contributed by atoms with Crippen LogP contribution >= 0.6 is 0 Å². The van der Waals surface area contributed by atoms with Crippen LogP contribution in [0.4, 0.5) is 5.69 Å². The molecule has 3 rings (SSSR count). The highest BCUT2D eigenvalue weighted by Crippen LogP contribution is 2.29. The van der Waals surface area contributed by atoms with Crippen molar-refractivity contribution in [3.05, 3.63) is 36.0 Å². The number of carbonyl (C=O) groups is 1. The van der Waals surface area contributed by atoms with Gasteiger partial charge in [0, 0.05) is 30.4 Å². The van der Waals surface area contributed by atoms with E-state index in [1.807, 2.05) is 18.2 Å². The molecule has 0 atom stereocenters. The summed E-state index contributed by atoms with van der Waals surface area (Å²) in [6.07, 6.45) is 1.70. The molecule has 0 N–H and O–H groups in total. The first-order valence-corrected chi connectivity index (χ1v) is 7.19. The van der Waals surface area contributed by atoms with Gasteiger partial charge >= 0.3 is 5.97 Å². The molecule has 5 nitrogen and oxygen atoms in total. The van der Waals surface area contributed by atoms with Crippen LogP contribution in [0.3, 0.4) is 0 Å². The molecule has 0 radical (unpaired) electrons. The van der Waals surface area contributed by atoms with E-state index in [1.165, 1.54) is 0 Å². The molecule has 2 aromatic rings. The van der Waals surface area contributed by atoms with Gasteiger partial charge in [-0.1, -0.05) is 0 Å². The van der Waals surface area contributed by atoms with E-state index in [9.17, 15) is 4.79 Å². The number of nitrogens with zero attached hydrogens (tertiary/aromatic N) is 2. The maximum absolute atomic E-state index is 12.1. The number of hydrogen-bond donors (Lipinski definition) is 0. The van der Waals surface area contributed by atoms with Crippen molar-refractivity contribution in [1.82, 2.24) is 4.98 Å². The van der Waals surface area contributed by atoms with Crippen LogP contribution in [-0.2, 0) is 9.47 Å². The number of anilines is 1. The van der Waals surface area contributed by atoms with Crippen LogP contribution in [0.1, 0.15) is 17.3 Å². The standard InChI is InChI=1S/C16H18N2O3/c1-2-21-16(19)13-5-6-14(18-8-10-20-11-9-18)12-4-3-7-17-15(12)13/h3-7H,2,8-11H2,1H3. The molecule has 1 aromatic heterocycles. The molecule has 21 heavy (non-hydrogen) atoms. The van der Waals surface area contributed by atoms with E-state index in [4.69, 9.17) is 9.47 Å². The van der Waals surface area contributed by atoms with Crippen LogP contribution < -0.4 is 4.90 Å². The van der Waals surface area contributed by atoms with Gasteiger partial charge in [-0.3, -0.25) is 4.98 Å². The van der Waals surface area contributed by atoms with E-state index in [2.05, 4.69) is 9.88 Å². The number of fused-ring (bicyclic) bond motifs is 1. The Hall–Kier alpha value is -2.14. The first-order valence-electron chi connectivity index (χ1n) is 7.19. The second-order valence-corrected chi connectivity index (χ2v) is 4.85. The molecule has 1 saturated heterocycles. The molecule has 2 heterocycles. The molecule has 110 valence electrons. The molecule has 1 aromatic carbocycles. The summed E-state index contributed by atoms with van der Waals surface area (Å²) >= 11 is 0. The third kappa shape index (κ3) is 2.69. The second kappa shape index (κ2) is 6.10. The van der Waals surface area contributed by atoms with Crippen molar-refractivity contribution in [3.8, 4) is 0 Å². The van der Waals surface area contributed by atoms with Gasteiger partial charge in [0.05, 0.1) is 30.9 Å². The Bertz CT molecular complexity index is 651. The summed E-state index contributed by atoms with van der Waals surface area (Å²) in [4.78, 5) is 18.7. The maximum atomic E-state index is 12.1. The molecule has 0 unspecified atom stereocenters. The number of ether oxygens (including phenoxy) is 2. The van der Waals surface area contributed by atoms with Crippen LogP contribution in [0.25, 0.3) is 10.9 Å². The van der Waals surface area contributed by atoms with Crippen molar-refractivity contribution < 1.29 is 14.3 Å². The van der Waals surface area contributed by atoms with Crippen molar-refractivity contribution >= 4 is 22.6 Å². The molecule has 1 aliphatic rings. The van der Waals surface area contributed by atoms with E-state index >= 15 is 0 Å². The molecule has 1 aliphatic heterocycles. The zero-order valence-corrected chi connectivity index (χ0v) is 12.0. The Balaban J connectivity index is 2.07. The SMILES string of the molecule is CCOC(=O)c1ccc(N2CCOCC2)c2cccnc12. The summed E-state index contributed by atoms with van der Waals surface area (Å²) in [5.74, 6) is -0.324. The monoisotopic (exact) mass is 286 g/mol. The molecule has 0 saturated carbocycles. The van der Waals surface area contributed by atoms with Crippen molar-refractivity contribution in [3.63, 3.8) is 0 Å². The molecular weight excluding hydrogens is 268 g/mol. The number of rotatable bonds is 3. The number of esters is 1. The topological polar surface area (TPSA) is 51.7 Å². The summed E-state index contributed by atoms with van der Waals surface area (Å²) in [5.41, 5.74) is 2.30. The number of benzene rings is 1. The van der Waals surface area contributed by atoms with Gasteiger partial charge in [-0.15, -0.1) is 0 Å². The number of pyridine rings is 1. The summed E-state index contributed by atoms with van der Waals surface area (Å²) in [5, 5.41) is 0.977. The van der Waals surface area contributed by atoms with Crippen LogP contribution in [0, 0.1) is 0 Å². The van der Waals surface area contributed by atoms with Gasteiger partial charge in [0.15, 0.2) is 0 Å². The molecular formula is C16H18N2O3. The predicted molar refractivity (Wildman–Crippen MR) is 80.7 cm³/mol. The zero-order valence-electron chi connectivity index (χ0n) is 12.0. The van der Waals surface area contributed by atoms with Crippen molar-refractivity contribution in [2.45, 2.75) is 6.92 Å². The average Bonchev–Trinajstić information content (AvgIpc) is 2.55. The lowest BCUT2D eigenvalue weighted by Gasteiger charge is -2.30. The quantitative estimate of drug-likeness (QED) is 0.810. The minimum absolute atomic E-state index is 0.324. The molecule has 0 aliphatic carbocycles. The van der Waals surface area contributed by atoms with E-state index in [0.717, 1.165) is 37.4 Å². The van der Waals surface area contributed by atoms with Crippen LogP contribution in [-0.4, -0.2) is 43.9 Å². The van der Waals surface area contributed by atoms with Crippen LogP contribution in [0.2, 0.25) is 0 Å². The first kappa shape index (κ1) is 13.8. The average molecular weight is 286 g/mol. The maximum Gasteiger partial charge on any atom is 0.340 e. The lowest BCUT2D eigenvalue weighted by molar-refractivity contribution is 0.0528. The highest BCUT2D eigenvalue weighted by molar-refractivity contribution is 6.06. The van der Waals surface area contributed by atoms with Gasteiger partial charge in [0.25, 0.3) is 0 Å². The minimum atomic E-state index is -0.324. The number of carbonyl (C=O) groups excluding carboxylic acids is 1. The largest absolute Gasteiger partial charge is 0.462 e. The van der Waals surface area contributed by atoms with E-state index in [0.29, 0.717) is 17.7 Å². The number of hydrogen-bond acceptors (Lipinski definition) is 5. The number of aromatic nitrogens is 1. The van der Waals surface area contributed by atoms with Crippen LogP contribution in [0.15, 0.2) is 30.5 Å². The van der Waals surface area contributed by atoms with Crippen molar-refractivity contribution in [2.75, 3.05) is 37.8 Å². The summed E-state index contributed by atoms with van der Waals surface area (Å²) in [7, 11) is 0. The lowest BCUT2D eigenvalue weighted by atomic mass is 10.1. The first-order chi connectivity index (χ1) is 10.3. The van der Waals surface area contributed by atoms with Gasteiger partial charge in [0.1, 0.15) is 0 Å². The van der Waals surface area contributed by atoms with Crippen LogP contribution in [0.5, 0.6) is 0 Å². The highest BCUT2D eigenvalue weighted by atomic mass is 16.5. The second-order valence-electron chi connectivity index (χ2n) is 4.85. The Morgan fingerprint density at radius 2 is 2.14 bits per heavy atom. The lowest BCUT2D eigenvalue weighted by Crippen LogP contribution is -2.36. The highest BCUT2D eigenvalue weighted by Gasteiger charge is 2.18. The van der Waals surface area contributed by atoms with E-state index in [-0.39, 0.29) is 5.97 Å². The normalized spacial score (nSPS) is 15.2. The molecule has 5 heteroatoms. The van der Waals surface area contributed by atoms with Gasteiger partial charge in [-0.05, 0) is 31.2 Å². The fourth-order valence-electron chi connectivity index (χ4n) is 2.61. The van der Waals surface area contributed by atoms with Gasteiger partial charge in [-0.2, -0.15) is 0 Å². The Labute approximate surface area is 123 Å². The summed E-state index contributed by atoms with van der Waals surface area (Å²) in [6.45, 7) is 5.31. The zero-order chi connectivity index (χ0) is 14.7. The minimum Gasteiger partial charge on any atom is -0.462 e.